The number of aromatic amines is 1. The molecule has 1 N–H and O–H groups in total. The van der Waals surface area contributed by atoms with Crippen LogP contribution in [0.3, 0.4) is 0 Å². The molecule has 58 valence electrons. The first-order chi connectivity index (χ1) is 7.04. The van der Waals surface area contributed by atoms with Gasteiger partial charge in [0.15, 0.2) is 0 Å². The zero-order chi connectivity index (χ0) is 12.6. The highest BCUT2D eigenvalue weighted by Crippen LogP contribution is 1.77. The highest BCUT2D eigenvalue weighted by atomic mass is 16.2. The van der Waals surface area contributed by atoms with Crippen molar-refractivity contribution in [3.05, 3.63) is 32.6 Å². The molecular weight excluding hydrogens is 132 g/mol. The van der Waals surface area contributed by atoms with Crippen molar-refractivity contribution in [2.24, 2.45) is 7.05 Å². The highest BCUT2D eigenvalue weighted by Gasteiger charge is 1.93. The number of aromatic nitrogens is 2. The second-order valence-corrected chi connectivity index (χ2v) is 2.06. The van der Waals surface area contributed by atoms with Crippen LogP contribution in [0.2, 0.25) is 0 Å². The second-order valence-electron chi connectivity index (χ2n) is 2.06. The lowest BCUT2D eigenvalue weighted by Gasteiger charge is -1.94. The fraction of sp³-hybridized carbons (Fsp3) is 0.333. The molecule has 0 aliphatic rings. The topological polar surface area (TPSA) is 54.9 Å². The molecule has 0 spiro atoms. The summed E-state index contributed by atoms with van der Waals surface area (Å²) < 4.78 is 28.3. The Morgan fingerprint density at radius 3 is 3.10 bits per heavy atom. The van der Waals surface area contributed by atoms with Gasteiger partial charge in [-0.15, -0.1) is 0 Å². The monoisotopic (exact) mass is 149 g/mol. The average Bonchev–Trinajstić information content (AvgIpc) is 2.29. The predicted molar refractivity (Wildman–Crippen MR) is 41.3 cm³/mol. The first kappa shape index (κ1) is 3.75. The third kappa shape index (κ3) is 1.00. The first-order valence-corrected chi connectivity index (χ1v) is 2.80. The van der Waals surface area contributed by atoms with Crippen molar-refractivity contribution in [3.8, 4) is 0 Å². The molecule has 1 aromatic rings. The first-order valence-electron chi connectivity index (χ1n) is 5.30. The minimum atomic E-state index is -0.550. The Hall–Kier alpha value is -1.32. The van der Waals surface area contributed by atoms with Crippen molar-refractivity contribution in [1.29, 1.82) is 0 Å². The maximum atomic E-state index is 10.8. The molecule has 4 heteroatoms. The van der Waals surface area contributed by atoms with Crippen molar-refractivity contribution in [1.82, 2.24) is 9.55 Å². The third-order valence-corrected chi connectivity index (χ3v) is 1.20. The van der Waals surface area contributed by atoms with Gasteiger partial charge in [0, 0.05) is 24.7 Å². The predicted octanol–water partition coefficient (Wildman–Crippen LogP) is -0.126. The highest BCUT2D eigenvalue weighted by molar-refractivity contribution is 4.99. The number of nitrogens with zero attached hydrogens (tertiary/aromatic N) is 1. The van der Waals surface area contributed by atoms with Gasteiger partial charge in [-0.3, -0.25) is 9.78 Å². The van der Waals surface area contributed by atoms with Crippen LogP contribution >= 0.6 is 0 Å². The van der Waals surface area contributed by atoms with E-state index in [0.717, 1.165) is 4.57 Å². The van der Waals surface area contributed by atoms with Crippen molar-refractivity contribution >= 4 is 0 Å². The van der Waals surface area contributed by atoms with Gasteiger partial charge in [0.05, 0.1) is 1.37 Å². The molecule has 0 aliphatic heterocycles. The number of hydrogen-bond donors (Lipinski definition) is 1. The Morgan fingerprint density at radius 2 is 2.50 bits per heavy atom. The number of H-pyrrole nitrogens is 1. The van der Waals surface area contributed by atoms with Crippen LogP contribution in [0.25, 0.3) is 0 Å². The van der Waals surface area contributed by atoms with E-state index in [1.54, 1.807) is 0 Å². The second kappa shape index (κ2) is 2.13. The Balaban J connectivity index is 0. The van der Waals surface area contributed by atoms with Gasteiger partial charge in [0.25, 0.3) is 5.56 Å². The van der Waals surface area contributed by atoms with Crippen LogP contribution in [0.4, 0.5) is 0 Å². The lowest BCUT2D eigenvalue weighted by atomic mass is 10.4. The quantitative estimate of drug-likeness (QED) is 0.559. The van der Waals surface area contributed by atoms with Gasteiger partial charge >= 0.3 is 5.69 Å². The molecule has 0 saturated carbocycles. The molecule has 1 heterocycles. The molecule has 0 aliphatic carbocycles. The van der Waals surface area contributed by atoms with Crippen molar-refractivity contribution in [2.75, 3.05) is 0 Å². The number of rotatable bonds is 0. The summed E-state index contributed by atoms with van der Waals surface area (Å²) in [6.45, 7) is 1.50. The minimum absolute atomic E-state index is 0.0428. The summed E-state index contributed by atoms with van der Waals surface area (Å²) in [5, 5.41) is 0. The number of hydrogen-bond acceptors (Lipinski definition) is 2. The zero-order valence-electron chi connectivity index (χ0n) is 10.8. The molecule has 0 saturated heterocycles. The van der Waals surface area contributed by atoms with Crippen molar-refractivity contribution in [3.63, 3.8) is 0 Å². The van der Waals surface area contributed by atoms with Gasteiger partial charge < -0.3 is 4.57 Å². The Kier molecular flexibility index (Phi) is 0.800. The maximum absolute atomic E-state index is 10.8. The van der Waals surface area contributed by atoms with Crippen molar-refractivity contribution < 1.29 is 7.31 Å². The fourth-order valence-corrected chi connectivity index (χ4v) is 0.628. The standard InChI is InChI=1S/C6H8N2O2.2H2/c1-4-3-8(2)6(10)7-5(4)9;;/h3H,1-2H3,(H,7,9,10);2*1H/i3D;2*1+1D. The molecule has 0 radical (unpaired) electrons. The smallest absolute Gasteiger partial charge is 0.303 e. The average molecular weight is 149 g/mol. The van der Waals surface area contributed by atoms with Crippen LogP contribution in [-0.2, 0) is 7.05 Å². The molecule has 1 rings (SSSR count). The molecule has 0 amide bonds. The molecule has 0 aromatic carbocycles. The summed E-state index contributed by atoms with van der Waals surface area (Å²) in [5.41, 5.74) is -0.782. The summed E-state index contributed by atoms with van der Waals surface area (Å²) in [6.07, 6.45) is -0.0428. The van der Waals surface area contributed by atoms with Gasteiger partial charge in [-0.2, -0.15) is 0 Å². The lowest BCUT2D eigenvalue weighted by molar-refractivity contribution is 0.789. The molecular formula is C6H12N2O2. The normalized spacial score (nSPS) is 12.8. The van der Waals surface area contributed by atoms with Crippen LogP contribution in [-0.4, -0.2) is 9.55 Å². The largest absolute Gasteiger partial charge is 0.328 e. The number of nitrogens with one attached hydrogen (secondary N) is 1. The SMILES string of the molecule is [2H][2H].[2H][2H].[2H]c1c(C)c(=O)[nH]c(=O)n1C. The molecule has 0 fully saturated rings. The molecule has 0 atom stereocenters. The molecule has 1 aromatic heterocycles. The van der Waals surface area contributed by atoms with Crippen molar-refractivity contribution in [2.45, 2.75) is 6.92 Å². The molecule has 10 heavy (non-hydrogen) atoms. The summed E-state index contributed by atoms with van der Waals surface area (Å²) >= 11 is 0. The van der Waals surface area contributed by atoms with Gasteiger partial charge in [0.2, 0.25) is 0 Å². The molecule has 4 nitrogen and oxygen atoms in total. The Morgan fingerprint density at radius 1 is 1.90 bits per heavy atom. The van der Waals surface area contributed by atoms with E-state index in [-0.39, 0.29) is 11.7 Å². The van der Waals surface area contributed by atoms with Gasteiger partial charge in [-0.1, -0.05) is 0 Å². The lowest BCUT2D eigenvalue weighted by Crippen LogP contribution is -2.28. The summed E-state index contributed by atoms with van der Waals surface area (Å²) in [4.78, 5) is 23.7. The van der Waals surface area contributed by atoms with Crippen LogP contribution in [0, 0.1) is 6.92 Å². The fourth-order valence-electron chi connectivity index (χ4n) is 0.628. The van der Waals surface area contributed by atoms with E-state index in [2.05, 4.69) is 4.98 Å². The van der Waals surface area contributed by atoms with E-state index in [1.807, 2.05) is 0 Å². The van der Waals surface area contributed by atoms with E-state index < -0.39 is 11.2 Å². The summed E-state index contributed by atoms with van der Waals surface area (Å²) in [5.74, 6) is 0. The van der Waals surface area contributed by atoms with Crippen LogP contribution in [0.15, 0.2) is 15.8 Å². The van der Waals surface area contributed by atoms with Crippen LogP contribution < -0.4 is 11.2 Å². The molecule has 0 bridgehead atoms. The van der Waals surface area contributed by atoms with E-state index in [4.69, 9.17) is 7.31 Å². The minimum Gasteiger partial charge on any atom is -0.303 e. The van der Waals surface area contributed by atoms with E-state index in [0.29, 0.717) is 0 Å². The van der Waals surface area contributed by atoms with E-state index in [1.165, 1.54) is 14.0 Å². The van der Waals surface area contributed by atoms with E-state index >= 15 is 0 Å². The van der Waals surface area contributed by atoms with E-state index in [9.17, 15) is 9.59 Å². The summed E-state index contributed by atoms with van der Waals surface area (Å²) in [7, 11) is 1.44. The van der Waals surface area contributed by atoms with Gasteiger partial charge in [0.1, 0.15) is 0 Å². The van der Waals surface area contributed by atoms with Gasteiger partial charge in [-0.05, 0) is 6.92 Å². The van der Waals surface area contributed by atoms with Gasteiger partial charge in [-0.25, -0.2) is 4.79 Å². The maximum Gasteiger partial charge on any atom is 0.328 e. The van der Waals surface area contributed by atoms with Crippen LogP contribution in [0.1, 0.15) is 12.9 Å². The summed E-state index contributed by atoms with van der Waals surface area (Å²) in [6, 6.07) is 0. The Bertz CT molecular complexity index is 365. The van der Waals surface area contributed by atoms with Crippen LogP contribution in [0.5, 0.6) is 0 Å². The zero-order valence-corrected chi connectivity index (χ0v) is 5.76. The Labute approximate surface area is 64.7 Å². The molecule has 0 unspecified atom stereocenters. The third-order valence-electron chi connectivity index (χ3n) is 1.20.